The van der Waals surface area contributed by atoms with Crippen molar-refractivity contribution in [2.24, 2.45) is 0 Å². The van der Waals surface area contributed by atoms with E-state index in [9.17, 15) is 4.21 Å². The van der Waals surface area contributed by atoms with Crippen LogP contribution in [0.4, 0.5) is 5.13 Å². The minimum Gasteiger partial charge on any atom is -0.408 e. The van der Waals surface area contributed by atoms with Gasteiger partial charge >= 0.3 is 11.9 Å². The molecule has 0 atom stereocenters. The van der Waals surface area contributed by atoms with Crippen LogP contribution in [0.5, 0.6) is 0 Å². The van der Waals surface area contributed by atoms with Crippen LogP contribution in [0.3, 0.4) is 0 Å². The number of nitrogens with one attached hydrogen (secondary N) is 1. The van der Waals surface area contributed by atoms with Crippen LogP contribution >= 0.6 is 11.3 Å². The lowest BCUT2D eigenvalue weighted by Gasteiger charge is -1.70. The lowest BCUT2D eigenvalue weighted by Crippen LogP contribution is -1.57. The van der Waals surface area contributed by atoms with Crippen LogP contribution in [-0.2, 0) is 16.1 Å². The molecule has 0 fully saturated rings. The van der Waals surface area contributed by atoms with E-state index in [1.54, 1.807) is 6.20 Å². The Morgan fingerprint density at radius 3 is 3.25 bits per heavy atom. The molecular formula is C3H3N2OS2+. The van der Waals surface area contributed by atoms with Crippen molar-refractivity contribution < 1.29 is 4.21 Å². The predicted octanol–water partition coefficient (Wildman–Crippen LogP) is 1.71. The van der Waals surface area contributed by atoms with Crippen molar-refractivity contribution in [1.82, 2.24) is 4.98 Å². The molecule has 0 saturated heterocycles. The fourth-order valence-corrected chi connectivity index (χ4v) is 1.10. The molecule has 0 radical (unpaired) electrons. The zero-order valence-corrected chi connectivity index (χ0v) is 5.46. The summed E-state index contributed by atoms with van der Waals surface area (Å²) in [6.45, 7) is 0. The molecule has 1 rings (SSSR count). The van der Waals surface area contributed by atoms with Gasteiger partial charge in [0.2, 0.25) is 11.3 Å². The van der Waals surface area contributed by atoms with E-state index in [1.165, 1.54) is 11.3 Å². The Bertz CT molecular complexity index is 162. The number of H-pyrrole nitrogens is 1. The van der Waals surface area contributed by atoms with Gasteiger partial charge in [-0.2, -0.15) is 0 Å². The van der Waals surface area contributed by atoms with Gasteiger partial charge in [-0.15, -0.1) is 0 Å². The zero-order chi connectivity index (χ0) is 5.82. The van der Waals surface area contributed by atoms with Crippen LogP contribution in [0.2, 0.25) is 0 Å². The summed E-state index contributed by atoms with van der Waals surface area (Å²) in [5, 5.41) is 2.49. The summed E-state index contributed by atoms with van der Waals surface area (Å²) in [5.41, 5.74) is 0. The highest BCUT2D eigenvalue weighted by atomic mass is 32.2. The van der Waals surface area contributed by atoms with Gasteiger partial charge in [-0.05, 0) is 6.20 Å². The van der Waals surface area contributed by atoms with Crippen molar-refractivity contribution >= 4 is 28.3 Å². The third-order valence-electron chi connectivity index (χ3n) is 0.575. The van der Waals surface area contributed by atoms with Crippen LogP contribution in [0.25, 0.3) is 4.72 Å². The molecule has 3 nitrogen and oxygen atoms in total. The molecule has 1 aromatic rings. The number of rotatable bonds is 2. The predicted molar refractivity (Wildman–Crippen MR) is 34.1 cm³/mol. The topological polar surface area (TPSA) is 47.0 Å². The highest BCUT2D eigenvalue weighted by Gasteiger charge is 2.01. The summed E-state index contributed by atoms with van der Waals surface area (Å²) in [4.78, 5) is 2.77. The van der Waals surface area contributed by atoms with Gasteiger partial charge in [0, 0.05) is 0 Å². The summed E-state index contributed by atoms with van der Waals surface area (Å²) < 4.78 is 13.2. The van der Waals surface area contributed by atoms with Gasteiger partial charge in [0.1, 0.15) is 0 Å². The van der Waals surface area contributed by atoms with Gasteiger partial charge in [0.25, 0.3) is 5.13 Å². The lowest BCUT2D eigenvalue weighted by atomic mass is 11.0. The second kappa shape index (κ2) is 2.68. The Hall–Kier alpha value is -0.550. The van der Waals surface area contributed by atoms with Crippen LogP contribution in [0.1, 0.15) is 0 Å². The molecule has 0 saturated carbocycles. The molecule has 0 amide bonds. The van der Waals surface area contributed by atoms with E-state index in [2.05, 4.69) is 9.71 Å². The maximum Gasteiger partial charge on any atom is 0.545 e. The molecule has 1 heterocycles. The Kier molecular flexibility index (Phi) is 1.87. The van der Waals surface area contributed by atoms with Crippen LogP contribution in [0, 0.1) is 0 Å². The third-order valence-corrected chi connectivity index (χ3v) is 1.65. The maximum absolute atomic E-state index is 9.73. The number of aromatic nitrogens is 1. The number of hydrogen-bond acceptors (Lipinski definition) is 1. The Morgan fingerprint density at radius 2 is 2.75 bits per heavy atom. The SMILES string of the molecule is O=[S+][N-]c1[nH]cc[s+]1. The van der Waals surface area contributed by atoms with E-state index in [-0.39, 0.29) is 11.9 Å². The first kappa shape index (κ1) is 5.58. The normalized spacial score (nSPS) is 8.50. The highest BCUT2D eigenvalue weighted by molar-refractivity contribution is 7.69. The van der Waals surface area contributed by atoms with E-state index in [1.807, 2.05) is 5.38 Å². The van der Waals surface area contributed by atoms with Crippen LogP contribution in [0.15, 0.2) is 11.6 Å². The maximum atomic E-state index is 9.73. The second-order valence-corrected chi connectivity index (χ2v) is 2.26. The molecular weight excluding hydrogens is 144 g/mol. The van der Waals surface area contributed by atoms with Crippen molar-refractivity contribution in [2.75, 3.05) is 0 Å². The lowest BCUT2D eigenvalue weighted by molar-refractivity contribution is 0.608. The molecule has 0 aliphatic carbocycles. The Morgan fingerprint density at radius 1 is 1.88 bits per heavy atom. The molecule has 5 heteroatoms. The van der Waals surface area contributed by atoms with E-state index >= 15 is 0 Å². The molecule has 0 aromatic carbocycles. The minimum atomic E-state index is 0.214. The summed E-state index contributed by atoms with van der Waals surface area (Å²) in [5.74, 6) is 0. The van der Waals surface area contributed by atoms with Crippen molar-refractivity contribution in [3.8, 4) is 0 Å². The number of thiazole rings is 1. The smallest absolute Gasteiger partial charge is 0.408 e. The van der Waals surface area contributed by atoms with Gasteiger partial charge in [0.15, 0.2) is 5.38 Å². The largest absolute Gasteiger partial charge is 0.545 e. The number of hydrogen-bond donors (Lipinski definition) is 1. The fourth-order valence-electron chi connectivity index (χ4n) is 0.320. The molecule has 0 bridgehead atoms. The fraction of sp³-hybridized carbons (Fsp3) is 0. The molecule has 1 N–H and O–H groups in total. The van der Waals surface area contributed by atoms with Crippen LogP contribution < -0.4 is 0 Å². The van der Waals surface area contributed by atoms with Gasteiger partial charge < -0.3 is 4.98 Å². The molecule has 0 aliphatic rings. The van der Waals surface area contributed by atoms with Crippen molar-refractivity contribution in [2.45, 2.75) is 0 Å². The van der Waals surface area contributed by atoms with E-state index < -0.39 is 0 Å². The summed E-state index contributed by atoms with van der Waals surface area (Å²) >= 11 is 1.62. The standard InChI is InChI=1S/C3H3N2OS2/c6-8-5-3-4-1-2-7-3/h1-2,4H/q+1. The summed E-state index contributed by atoms with van der Waals surface area (Å²) in [6.07, 6.45) is 1.74. The average Bonchev–Trinajstić information content (AvgIpc) is 2.19. The molecule has 0 spiro atoms. The van der Waals surface area contributed by atoms with Gasteiger partial charge in [-0.3, -0.25) is 0 Å². The molecule has 42 valence electrons. The van der Waals surface area contributed by atoms with Gasteiger partial charge in [-0.1, -0.05) is 4.72 Å². The molecule has 1 aromatic heterocycles. The van der Waals surface area contributed by atoms with Crippen molar-refractivity contribution in [3.63, 3.8) is 0 Å². The van der Waals surface area contributed by atoms with Crippen molar-refractivity contribution in [1.29, 1.82) is 0 Å². The summed E-state index contributed by atoms with van der Waals surface area (Å²) in [6, 6.07) is 0. The van der Waals surface area contributed by atoms with E-state index in [0.29, 0.717) is 5.13 Å². The van der Waals surface area contributed by atoms with E-state index in [0.717, 1.165) is 0 Å². The van der Waals surface area contributed by atoms with E-state index in [4.69, 9.17) is 0 Å². The Balaban J connectivity index is 2.62. The average molecular weight is 147 g/mol. The minimum absolute atomic E-state index is 0.214. The highest BCUT2D eigenvalue weighted by Crippen LogP contribution is 2.18. The molecule has 0 unspecified atom stereocenters. The summed E-state index contributed by atoms with van der Waals surface area (Å²) in [7, 11) is 0. The van der Waals surface area contributed by atoms with Crippen molar-refractivity contribution in [3.05, 3.63) is 16.3 Å². The monoisotopic (exact) mass is 147 g/mol. The Labute approximate surface area is 54.4 Å². The second-order valence-electron chi connectivity index (χ2n) is 1.04. The van der Waals surface area contributed by atoms with Gasteiger partial charge in [-0.25, -0.2) is 0 Å². The molecule has 0 aliphatic heterocycles. The number of aromatic amines is 1. The first-order valence-corrected chi connectivity index (χ1v) is 3.46. The third kappa shape index (κ3) is 1.21. The van der Waals surface area contributed by atoms with Gasteiger partial charge in [0.05, 0.1) is 4.21 Å². The quantitative estimate of drug-likeness (QED) is 0.502. The first-order valence-electron chi connectivity index (χ1n) is 1.88. The zero-order valence-electron chi connectivity index (χ0n) is 3.83. The van der Waals surface area contributed by atoms with Crippen LogP contribution in [-0.4, -0.2) is 4.98 Å². The number of nitrogens with zero attached hydrogens (tertiary/aromatic N) is 1. The molecule has 8 heavy (non-hydrogen) atoms. The first-order chi connectivity index (χ1) is 3.93.